The summed E-state index contributed by atoms with van der Waals surface area (Å²) < 4.78 is 11.5. The SMILES string of the molecule is CNC[C@H](CC1CCCCC1)NC(=O)N1CCC[C@@H]([C@@](O)(CCCCOC)c2ccccc2Oc2cccnc2)C1. The lowest BCUT2D eigenvalue weighted by Crippen LogP contribution is -2.54. The van der Waals surface area contributed by atoms with Crippen molar-refractivity contribution < 1.29 is 19.4 Å². The lowest BCUT2D eigenvalue weighted by molar-refractivity contribution is -0.0575. The first-order chi connectivity index (χ1) is 20.0. The highest BCUT2D eigenvalue weighted by Gasteiger charge is 2.43. The summed E-state index contributed by atoms with van der Waals surface area (Å²) in [5.41, 5.74) is -0.392. The normalized spacial score (nSPS) is 20.3. The van der Waals surface area contributed by atoms with Crippen molar-refractivity contribution in [3.8, 4) is 11.5 Å². The van der Waals surface area contributed by atoms with Crippen molar-refractivity contribution in [2.75, 3.05) is 40.4 Å². The van der Waals surface area contributed by atoms with Crippen LogP contribution in [0.15, 0.2) is 48.8 Å². The van der Waals surface area contributed by atoms with Crippen molar-refractivity contribution in [3.63, 3.8) is 0 Å². The van der Waals surface area contributed by atoms with E-state index in [0.717, 1.165) is 44.2 Å². The summed E-state index contributed by atoms with van der Waals surface area (Å²) in [4.78, 5) is 19.7. The second-order valence-electron chi connectivity index (χ2n) is 11.9. The molecule has 2 heterocycles. The average molecular weight is 567 g/mol. The van der Waals surface area contributed by atoms with Crippen LogP contribution in [0.4, 0.5) is 4.79 Å². The maximum absolute atomic E-state index is 13.6. The van der Waals surface area contributed by atoms with Gasteiger partial charge in [0.2, 0.25) is 0 Å². The number of amides is 2. The molecule has 8 heteroatoms. The van der Waals surface area contributed by atoms with Crippen molar-refractivity contribution in [1.82, 2.24) is 20.5 Å². The van der Waals surface area contributed by atoms with Gasteiger partial charge in [0.1, 0.15) is 11.5 Å². The topological polar surface area (TPSA) is 96.0 Å². The van der Waals surface area contributed by atoms with Gasteiger partial charge in [-0.2, -0.15) is 0 Å². The molecule has 3 atom stereocenters. The summed E-state index contributed by atoms with van der Waals surface area (Å²) in [5, 5.41) is 19.2. The van der Waals surface area contributed by atoms with Crippen molar-refractivity contribution in [1.29, 1.82) is 0 Å². The summed E-state index contributed by atoms with van der Waals surface area (Å²) in [6.45, 7) is 2.62. The molecule has 1 aliphatic heterocycles. The summed E-state index contributed by atoms with van der Waals surface area (Å²) in [6.07, 6.45) is 14.8. The Balaban J connectivity index is 1.51. The van der Waals surface area contributed by atoms with Gasteiger partial charge in [0.15, 0.2) is 0 Å². The molecule has 8 nitrogen and oxygen atoms in total. The van der Waals surface area contributed by atoms with Gasteiger partial charge in [-0.1, -0.05) is 50.3 Å². The van der Waals surface area contributed by atoms with Crippen molar-refractivity contribution in [2.24, 2.45) is 11.8 Å². The number of nitrogens with one attached hydrogen (secondary N) is 2. The Labute approximate surface area is 246 Å². The standard InChI is InChI=1S/C33H50N4O4/c1-34-23-28(22-26-12-4-3-5-13-26)36-32(38)37-20-11-14-27(25-37)33(39,18-8-9-21-40-2)30-16-6-7-17-31(30)41-29-15-10-19-35-24-29/h6-7,10,15-17,19,24,26-28,34,39H,3-5,8-9,11-14,18,20-23,25H2,1-2H3,(H,36,38)/t27-,28+,33+/m1/s1. The number of hydrogen-bond donors (Lipinski definition) is 3. The number of unbranched alkanes of at least 4 members (excludes halogenated alkanes) is 1. The predicted molar refractivity (Wildman–Crippen MR) is 162 cm³/mol. The third kappa shape index (κ3) is 8.90. The Hall–Kier alpha value is -2.68. The summed E-state index contributed by atoms with van der Waals surface area (Å²) in [7, 11) is 3.65. The van der Waals surface area contributed by atoms with Crippen LogP contribution in [0.2, 0.25) is 0 Å². The number of likely N-dealkylation sites (tertiary alicyclic amines) is 1. The zero-order valence-corrected chi connectivity index (χ0v) is 25.0. The van der Waals surface area contributed by atoms with Crippen molar-refractivity contribution in [3.05, 3.63) is 54.4 Å². The smallest absolute Gasteiger partial charge is 0.317 e. The summed E-state index contributed by atoms with van der Waals surface area (Å²) >= 11 is 0. The number of rotatable bonds is 14. The first-order valence-corrected chi connectivity index (χ1v) is 15.6. The summed E-state index contributed by atoms with van der Waals surface area (Å²) in [5.74, 6) is 1.81. The zero-order valence-electron chi connectivity index (χ0n) is 25.0. The summed E-state index contributed by atoms with van der Waals surface area (Å²) in [6, 6.07) is 11.5. The fourth-order valence-corrected chi connectivity index (χ4v) is 6.73. The van der Waals surface area contributed by atoms with Crippen LogP contribution < -0.4 is 15.4 Å². The van der Waals surface area contributed by atoms with E-state index in [1.54, 1.807) is 19.5 Å². The van der Waals surface area contributed by atoms with Crippen LogP contribution in [0, 0.1) is 11.8 Å². The quantitative estimate of drug-likeness (QED) is 0.248. The van der Waals surface area contributed by atoms with Crippen LogP contribution >= 0.6 is 0 Å². The molecule has 2 aromatic rings. The third-order valence-corrected chi connectivity index (χ3v) is 8.88. The molecule has 1 saturated heterocycles. The van der Waals surface area contributed by atoms with Gasteiger partial charge < -0.3 is 30.1 Å². The van der Waals surface area contributed by atoms with Crippen LogP contribution in [0.5, 0.6) is 11.5 Å². The molecule has 0 bridgehead atoms. The monoisotopic (exact) mass is 566 g/mol. The average Bonchev–Trinajstić information content (AvgIpc) is 3.01. The van der Waals surface area contributed by atoms with E-state index in [1.807, 2.05) is 48.3 Å². The number of carbonyl (C=O) groups excluding carboxylic acids is 1. The van der Waals surface area contributed by atoms with Crippen molar-refractivity contribution >= 4 is 6.03 Å². The number of carbonyl (C=O) groups is 1. The van der Waals surface area contributed by atoms with Gasteiger partial charge in [0.25, 0.3) is 0 Å². The molecule has 2 fully saturated rings. The van der Waals surface area contributed by atoms with Gasteiger partial charge in [-0.15, -0.1) is 0 Å². The van der Waals surface area contributed by atoms with E-state index in [9.17, 15) is 9.90 Å². The van der Waals surface area contributed by atoms with Crippen LogP contribution in [-0.2, 0) is 10.3 Å². The van der Waals surface area contributed by atoms with Gasteiger partial charge in [-0.3, -0.25) is 4.98 Å². The van der Waals surface area contributed by atoms with E-state index in [4.69, 9.17) is 9.47 Å². The predicted octanol–water partition coefficient (Wildman–Crippen LogP) is 5.86. The number of piperidine rings is 1. The highest BCUT2D eigenvalue weighted by molar-refractivity contribution is 5.74. The van der Waals surface area contributed by atoms with E-state index in [1.165, 1.54) is 32.1 Å². The molecule has 3 N–H and O–H groups in total. The molecule has 1 aliphatic carbocycles. The van der Waals surface area contributed by atoms with E-state index in [-0.39, 0.29) is 18.0 Å². The number of pyridine rings is 1. The Morgan fingerprint density at radius 3 is 2.71 bits per heavy atom. The molecule has 1 aromatic carbocycles. The number of benzene rings is 1. The molecule has 1 aromatic heterocycles. The Bertz CT molecular complexity index is 1050. The maximum Gasteiger partial charge on any atom is 0.317 e. The number of urea groups is 1. The molecule has 2 aliphatic rings. The van der Waals surface area contributed by atoms with Gasteiger partial charge >= 0.3 is 6.03 Å². The molecule has 226 valence electrons. The Morgan fingerprint density at radius 2 is 1.95 bits per heavy atom. The minimum absolute atomic E-state index is 0.0209. The molecule has 0 spiro atoms. The lowest BCUT2D eigenvalue weighted by Gasteiger charge is -2.43. The number of para-hydroxylation sites is 1. The van der Waals surface area contributed by atoms with Gasteiger partial charge in [-0.25, -0.2) is 4.79 Å². The zero-order chi connectivity index (χ0) is 28.9. The van der Waals surface area contributed by atoms with Crippen LogP contribution in [0.3, 0.4) is 0 Å². The highest BCUT2D eigenvalue weighted by atomic mass is 16.5. The van der Waals surface area contributed by atoms with Crippen molar-refractivity contribution in [2.45, 2.75) is 82.3 Å². The molecule has 0 radical (unpaired) electrons. The minimum atomic E-state index is -1.15. The van der Waals surface area contributed by atoms with E-state index in [0.29, 0.717) is 43.5 Å². The number of aliphatic hydroxyl groups is 1. The van der Waals surface area contributed by atoms with Crippen LogP contribution in [0.25, 0.3) is 0 Å². The second-order valence-corrected chi connectivity index (χ2v) is 11.9. The highest BCUT2D eigenvalue weighted by Crippen LogP contribution is 2.44. The van der Waals surface area contributed by atoms with Gasteiger partial charge in [0.05, 0.1) is 11.8 Å². The largest absolute Gasteiger partial charge is 0.455 e. The van der Waals surface area contributed by atoms with E-state index < -0.39 is 5.60 Å². The number of ether oxygens (including phenoxy) is 2. The number of aromatic nitrogens is 1. The molecular weight excluding hydrogens is 516 g/mol. The first-order valence-electron chi connectivity index (χ1n) is 15.6. The number of nitrogens with zero attached hydrogens (tertiary/aromatic N) is 2. The minimum Gasteiger partial charge on any atom is -0.455 e. The Morgan fingerprint density at radius 1 is 1.12 bits per heavy atom. The molecule has 41 heavy (non-hydrogen) atoms. The number of likely N-dealkylation sites (N-methyl/N-ethyl adjacent to an activating group) is 1. The third-order valence-electron chi connectivity index (χ3n) is 8.88. The fraction of sp³-hybridized carbons (Fsp3) is 0.636. The molecule has 2 amide bonds. The first kappa shape index (κ1) is 31.3. The molecule has 4 rings (SSSR count). The molecular formula is C33H50N4O4. The lowest BCUT2D eigenvalue weighted by atomic mass is 9.73. The molecule has 1 saturated carbocycles. The number of methoxy groups -OCH3 is 1. The molecule has 0 unspecified atom stereocenters. The number of hydrogen-bond acceptors (Lipinski definition) is 6. The van der Waals surface area contributed by atoms with Gasteiger partial charge in [-0.05, 0) is 69.7 Å². The second kappa shape index (κ2) is 16.1. The van der Waals surface area contributed by atoms with Gasteiger partial charge in [0, 0.05) is 57.1 Å². The van der Waals surface area contributed by atoms with Crippen LogP contribution in [0.1, 0.15) is 76.2 Å². The van der Waals surface area contributed by atoms with Crippen LogP contribution in [-0.4, -0.2) is 67.5 Å². The van der Waals surface area contributed by atoms with E-state index >= 15 is 0 Å². The Kier molecular flexibility index (Phi) is 12.3. The van der Waals surface area contributed by atoms with E-state index in [2.05, 4.69) is 15.6 Å². The maximum atomic E-state index is 13.6. The fourth-order valence-electron chi connectivity index (χ4n) is 6.73.